The van der Waals surface area contributed by atoms with Gasteiger partial charge in [0.05, 0.1) is 16.1 Å². The molecule has 4 nitrogen and oxygen atoms in total. The van der Waals surface area contributed by atoms with Gasteiger partial charge in [-0.2, -0.15) is 5.26 Å². The lowest BCUT2D eigenvalue weighted by atomic mass is 10.1. The minimum absolute atomic E-state index is 0.258. The number of carbonyl (C=O) groups is 1. The summed E-state index contributed by atoms with van der Waals surface area (Å²) in [5.74, 6) is -0.403. The van der Waals surface area contributed by atoms with E-state index in [1.54, 1.807) is 48.8 Å². The summed E-state index contributed by atoms with van der Waals surface area (Å²) in [6, 6.07) is 9.59. The number of aromatic nitrogens is 1. The molecule has 2 rings (SSSR count). The molecule has 0 saturated heterocycles. The van der Waals surface area contributed by atoms with Crippen LogP contribution in [0.5, 0.6) is 0 Å². The highest BCUT2D eigenvalue weighted by Crippen LogP contribution is 2.29. The summed E-state index contributed by atoms with van der Waals surface area (Å²) in [6.45, 7) is 0. The molecule has 2 aromatic rings. The van der Waals surface area contributed by atoms with Gasteiger partial charge in [0.15, 0.2) is 0 Å². The maximum absolute atomic E-state index is 11.9. The van der Waals surface area contributed by atoms with Gasteiger partial charge in [0, 0.05) is 24.0 Å². The number of hydrogen-bond acceptors (Lipinski definition) is 3. The zero-order valence-corrected chi connectivity index (χ0v) is 12.8. The number of nitrogens with one attached hydrogen (secondary N) is 1. The van der Waals surface area contributed by atoms with Crippen molar-refractivity contribution in [3.05, 3.63) is 70.0 Å². The lowest BCUT2D eigenvalue weighted by Gasteiger charge is -2.12. The van der Waals surface area contributed by atoms with Gasteiger partial charge >= 0.3 is 0 Å². The molecule has 22 heavy (non-hydrogen) atoms. The zero-order chi connectivity index (χ0) is 15.9. The molecule has 0 fully saturated rings. The van der Waals surface area contributed by atoms with Gasteiger partial charge in [-0.25, -0.2) is 0 Å². The van der Waals surface area contributed by atoms with Crippen molar-refractivity contribution in [2.45, 2.75) is 6.04 Å². The van der Waals surface area contributed by atoms with Crippen molar-refractivity contribution in [2.75, 3.05) is 0 Å². The maximum atomic E-state index is 11.9. The van der Waals surface area contributed by atoms with Crippen LogP contribution < -0.4 is 5.32 Å². The van der Waals surface area contributed by atoms with Gasteiger partial charge in [0.25, 0.3) is 0 Å². The smallest absolute Gasteiger partial charge is 0.245 e. The van der Waals surface area contributed by atoms with Crippen molar-refractivity contribution in [3.63, 3.8) is 0 Å². The van der Waals surface area contributed by atoms with Gasteiger partial charge < -0.3 is 5.32 Å². The van der Waals surface area contributed by atoms with Crippen molar-refractivity contribution in [1.82, 2.24) is 10.3 Å². The second-order valence-electron chi connectivity index (χ2n) is 4.33. The average Bonchev–Trinajstić information content (AvgIpc) is 2.54. The fourth-order valence-electron chi connectivity index (χ4n) is 1.76. The molecule has 0 spiro atoms. The minimum atomic E-state index is -0.874. The Bertz CT molecular complexity index is 739. The Morgan fingerprint density at radius 1 is 1.27 bits per heavy atom. The van der Waals surface area contributed by atoms with Gasteiger partial charge in [0.2, 0.25) is 5.91 Å². The first kappa shape index (κ1) is 16.0. The van der Waals surface area contributed by atoms with E-state index in [1.165, 1.54) is 6.08 Å². The Morgan fingerprint density at radius 2 is 2.00 bits per heavy atom. The van der Waals surface area contributed by atoms with Crippen molar-refractivity contribution in [1.29, 1.82) is 5.26 Å². The molecule has 0 radical (unpaired) electrons. The molecular formula is C16H11Cl2N3O. The first-order valence-corrected chi connectivity index (χ1v) is 7.09. The number of carbonyl (C=O) groups excluding carboxylic acids is 1. The van der Waals surface area contributed by atoms with Crippen LogP contribution in [-0.2, 0) is 4.79 Å². The van der Waals surface area contributed by atoms with Gasteiger partial charge in [-0.3, -0.25) is 9.78 Å². The number of nitriles is 1. The molecular weight excluding hydrogens is 321 g/mol. The van der Waals surface area contributed by atoms with E-state index in [4.69, 9.17) is 23.2 Å². The molecule has 0 aliphatic carbocycles. The van der Waals surface area contributed by atoms with Crippen molar-refractivity contribution < 1.29 is 4.79 Å². The summed E-state index contributed by atoms with van der Waals surface area (Å²) < 4.78 is 0. The van der Waals surface area contributed by atoms with Crippen LogP contribution in [0.2, 0.25) is 10.0 Å². The Labute approximate surface area is 138 Å². The average molecular weight is 332 g/mol. The highest BCUT2D eigenvalue weighted by atomic mass is 35.5. The number of rotatable bonds is 4. The monoisotopic (exact) mass is 331 g/mol. The van der Waals surface area contributed by atoms with Crippen molar-refractivity contribution in [3.8, 4) is 6.07 Å². The predicted octanol–water partition coefficient (Wildman–Crippen LogP) is 3.78. The molecule has 0 aliphatic rings. The summed E-state index contributed by atoms with van der Waals surface area (Å²) in [5, 5.41) is 12.4. The lowest BCUT2D eigenvalue weighted by molar-refractivity contribution is -0.116. The van der Waals surface area contributed by atoms with E-state index in [1.807, 2.05) is 6.07 Å². The summed E-state index contributed by atoms with van der Waals surface area (Å²) in [6.07, 6.45) is 6.23. The molecule has 1 heterocycles. The molecule has 1 aromatic heterocycles. The number of pyridine rings is 1. The largest absolute Gasteiger partial charge is 0.333 e. The summed E-state index contributed by atoms with van der Waals surface area (Å²) in [5.41, 5.74) is 1.29. The summed E-state index contributed by atoms with van der Waals surface area (Å²) in [4.78, 5) is 15.8. The third kappa shape index (κ3) is 4.08. The van der Waals surface area contributed by atoms with Crippen LogP contribution >= 0.6 is 23.2 Å². The fourth-order valence-corrected chi connectivity index (χ4v) is 2.18. The van der Waals surface area contributed by atoms with E-state index >= 15 is 0 Å². The molecule has 0 aliphatic heterocycles. The second kappa shape index (κ2) is 7.60. The number of halogens is 2. The van der Waals surface area contributed by atoms with Gasteiger partial charge in [-0.1, -0.05) is 35.3 Å². The van der Waals surface area contributed by atoms with Crippen LogP contribution in [0.15, 0.2) is 48.8 Å². The van der Waals surface area contributed by atoms with Crippen LogP contribution in [0.1, 0.15) is 17.2 Å². The van der Waals surface area contributed by atoms with E-state index in [0.717, 1.165) is 5.56 Å². The van der Waals surface area contributed by atoms with E-state index in [2.05, 4.69) is 10.3 Å². The predicted molar refractivity (Wildman–Crippen MR) is 86.2 cm³/mol. The molecule has 6 heteroatoms. The zero-order valence-electron chi connectivity index (χ0n) is 11.3. The first-order chi connectivity index (χ1) is 10.6. The Hall–Kier alpha value is -2.35. The van der Waals surface area contributed by atoms with Gasteiger partial charge in [-0.15, -0.1) is 0 Å². The molecule has 1 atom stereocenters. The van der Waals surface area contributed by atoms with E-state index in [-0.39, 0.29) is 5.02 Å². The van der Waals surface area contributed by atoms with Crippen LogP contribution in [-0.4, -0.2) is 10.9 Å². The number of nitrogens with zero attached hydrogens (tertiary/aromatic N) is 2. The van der Waals surface area contributed by atoms with Crippen LogP contribution in [0.25, 0.3) is 6.08 Å². The van der Waals surface area contributed by atoms with Crippen molar-refractivity contribution in [2.24, 2.45) is 0 Å². The lowest BCUT2D eigenvalue weighted by Crippen LogP contribution is -2.26. The Kier molecular flexibility index (Phi) is 5.54. The molecule has 0 saturated carbocycles. The summed E-state index contributed by atoms with van der Waals surface area (Å²) in [7, 11) is 0. The minimum Gasteiger partial charge on any atom is -0.333 e. The maximum Gasteiger partial charge on any atom is 0.245 e. The van der Waals surface area contributed by atoms with E-state index < -0.39 is 11.9 Å². The highest BCUT2D eigenvalue weighted by Gasteiger charge is 2.17. The quantitative estimate of drug-likeness (QED) is 0.867. The van der Waals surface area contributed by atoms with Crippen LogP contribution in [0.4, 0.5) is 0 Å². The van der Waals surface area contributed by atoms with E-state index in [0.29, 0.717) is 10.6 Å². The molecule has 1 unspecified atom stereocenters. The first-order valence-electron chi connectivity index (χ1n) is 6.34. The topological polar surface area (TPSA) is 65.8 Å². The van der Waals surface area contributed by atoms with Crippen LogP contribution in [0, 0.1) is 11.3 Å². The molecule has 0 bridgehead atoms. The SMILES string of the molecule is N#CC(NC(=O)C=Cc1ccncc1)c1cccc(Cl)c1Cl. The standard InChI is InChI=1S/C16H11Cl2N3O/c17-13-3-1-2-12(16(13)18)14(10-19)21-15(22)5-4-11-6-8-20-9-7-11/h1-9,14H,(H,21,22). The third-order valence-corrected chi connectivity index (χ3v) is 3.67. The molecule has 1 N–H and O–H groups in total. The van der Waals surface area contributed by atoms with Gasteiger partial charge in [0.1, 0.15) is 6.04 Å². The molecule has 1 aromatic carbocycles. The third-order valence-electron chi connectivity index (χ3n) is 2.84. The normalized spacial score (nSPS) is 11.9. The molecule has 110 valence electrons. The van der Waals surface area contributed by atoms with Crippen LogP contribution in [0.3, 0.4) is 0 Å². The highest BCUT2D eigenvalue weighted by molar-refractivity contribution is 6.42. The Balaban J connectivity index is 2.11. The number of benzene rings is 1. The fraction of sp³-hybridized carbons (Fsp3) is 0.0625. The van der Waals surface area contributed by atoms with E-state index in [9.17, 15) is 10.1 Å². The number of amides is 1. The second-order valence-corrected chi connectivity index (χ2v) is 5.11. The Morgan fingerprint density at radius 3 is 2.68 bits per heavy atom. The van der Waals surface area contributed by atoms with Crippen molar-refractivity contribution >= 4 is 35.2 Å². The van der Waals surface area contributed by atoms with Gasteiger partial charge in [-0.05, 0) is 29.8 Å². The number of hydrogen-bond donors (Lipinski definition) is 1. The summed E-state index contributed by atoms with van der Waals surface area (Å²) >= 11 is 12.0. The molecule has 1 amide bonds.